The molecule has 1 aliphatic rings. The van der Waals surface area contributed by atoms with Crippen LogP contribution in [0.15, 0.2) is 47.6 Å². The van der Waals surface area contributed by atoms with Crippen molar-refractivity contribution >= 4 is 32.5 Å². The van der Waals surface area contributed by atoms with Gasteiger partial charge in [0.2, 0.25) is 0 Å². The zero-order valence-electron chi connectivity index (χ0n) is 12.5. The van der Waals surface area contributed by atoms with E-state index in [0.29, 0.717) is 0 Å². The van der Waals surface area contributed by atoms with Crippen molar-refractivity contribution in [3.63, 3.8) is 0 Å². The lowest BCUT2D eigenvalue weighted by Crippen LogP contribution is -2.28. The number of aromatic nitrogens is 4. The quantitative estimate of drug-likeness (QED) is 0.768. The van der Waals surface area contributed by atoms with Gasteiger partial charge in [-0.2, -0.15) is 0 Å². The molecule has 3 aromatic rings. The van der Waals surface area contributed by atoms with Crippen molar-refractivity contribution in [1.29, 1.82) is 0 Å². The molecule has 4 heterocycles. The summed E-state index contributed by atoms with van der Waals surface area (Å²) in [6, 6.07) is 4.11. The summed E-state index contributed by atoms with van der Waals surface area (Å²) < 4.78 is 0.773. The molecule has 1 aliphatic heterocycles. The maximum absolute atomic E-state index is 4.40. The van der Waals surface area contributed by atoms with Gasteiger partial charge in [0.15, 0.2) is 0 Å². The van der Waals surface area contributed by atoms with Gasteiger partial charge in [0.1, 0.15) is 10.3 Å². The number of halogens is 1. The molecule has 6 heteroatoms. The molecule has 1 N–H and O–H groups in total. The zero-order chi connectivity index (χ0) is 15.6. The topological polar surface area (TPSA) is 57.7 Å². The van der Waals surface area contributed by atoms with Crippen molar-refractivity contribution in [3.05, 3.63) is 58.9 Å². The number of rotatable bonds is 3. The molecule has 0 bridgehead atoms. The van der Waals surface area contributed by atoms with Crippen molar-refractivity contribution in [2.45, 2.75) is 13.0 Å². The molecule has 0 aromatic carbocycles. The Morgan fingerprint density at radius 1 is 1.22 bits per heavy atom. The van der Waals surface area contributed by atoms with E-state index < -0.39 is 0 Å². The van der Waals surface area contributed by atoms with Crippen LogP contribution < -0.4 is 0 Å². The van der Waals surface area contributed by atoms with E-state index in [0.717, 1.165) is 42.0 Å². The fourth-order valence-corrected chi connectivity index (χ4v) is 3.18. The number of hydrogen-bond acceptors (Lipinski definition) is 4. The molecule has 0 aliphatic carbocycles. The lowest BCUT2D eigenvalue weighted by molar-refractivity contribution is 0.290. The van der Waals surface area contributed by atoms with Crippen LogP contribution in [0.2, 0.25) is 0 Å². The lowest BCUT2D eigenvalue weighted by atomic mass is 9.99. The Morgan fingerprint density at radius 3 is 2.96 bits per heavy atom. The summed E-state index contributed by atoms with van der Waals surface area (Å²) in [5.74, 6) is 0. The highest BCUT2D eigenvalue weighted by atomic mass is 79.9. The second-order valence-corrected chi connectivity index (χ2v) is 6.46. The first-order valence-electron chi connectivity index (χ1n) is 7.60. The normalized spacial score (nSPS) is 15.8. The third-order valence-corrected chi connectivity index (χ3v) is 4.56. The van der Waals surface area contributed by atoms with Crippen LogP contribution in [-0.4, -0.2) is 37.9 Å². The first kappa shape index (κ1) is 14.5. The average molecular weight is 370 g/mol. The summed E-state index contributed by atoms with van der Waals surface area (Å²) in [6.07, 6.45) is 10.8. The molecule has 0 amide bonds. The van der Waals surface area contributed by atoms with E-state index in [9.17, 15) is 0 Å². The fourth-order valence-electron chi connectivity index (χ4n) is 2.97. The third-order valence-electron chi connectivity index (χ3n) is 4.15. The molecular formula is C17H16BrN5. The minimum absolute atomic E-state index is 0.773. The van der Waals surface area contributed by atoms with Gasteiger partial charge >= 0.3 is 0 Å². The molecule has 116 valence electrons. The molecule has 23 heavy (non-hydrogen) atoms. The van der Waals surface area contributed by atoms with E-state index in [-0.39, 0.29) is 0 Å². The molecule has 0 spiro atoms. The minimum atomic E-state index is 0.773. The van der Waals surface area contributed by atoms with Gasteiger partial charge in [-0.25, -0.2) is 9.97 Å². The SMILES string of the molecule is Brc1cnc(CN2CC=C(c3c[nH]c4ncccc34)CC2)cn1. The first-order valence-corrected chi connectivity index (χ1v) is 8.39. The predicted octanol–water partition coefficient (Wildman–Crippen LogP) is 3.40. The molecule has 0 unspecified atom stereocenters. The second-order valence-electron chi connectivity index (χ2n) is 5.65. The van der Waals surface area contributed by atoms with Crippen molar-refractivity contribution in [3.8, 4) is 0 Å². The number of aromatic amines is 1. The summed E-state index contributed by atoms with van der Waals surface area (Å²) in [5.41, 5.74) is 4.62. The molecule has 4 rings (SSSR count). The fraction of sp³-hybridized carbons (Fsp3) is 0.235. The van der Waals surface area contributed by atoms with Gasteiger partial charge < -0.3 is 4.98 Å². The number of hydrogen-bond donors (Lipinski definition) is 1. The van der Waals surface area contributed by atoms with Crippen molar-refractivity contribution in [2.75, 3.05) is 13.1 Å². The average Bonchev–Trinajstić information content (AvgIpc) is 3.02. The van der Waals surface area contributed by atoms with E-state index in [1.54, 1.807) is 6.20 Å². The number of H-pyrrole nitrogens is 1. The molecule has 0 saturated carbocycles. The van der Waals surface area contributed by atoms with E-state index in [1.165, 1.54) is 16.5 Å². The van der Waals surface area contributed by atoms with E-state index in [1.807, 2.05) is 18.5 Å². The third kappa shape index (κ3) is 3.04. The maximum Gasteiger partial charge on any atom is 0.137 e. The molecule has 3 aromatic heterocycles. The summed E-state index contributed by atoms with van der Waals surface area (Å²) in [4.78, 5) is 18.6. The van der Waals surface area contributed by atoms with E-state index >= 15 is 0 Å². The number of pyridine rings is 1. The van der Waals surface area contributed by atoms with Crippen LogP contribution in [0.4, 0.5) is 0 Å². The van der Waals surface area contributed by atoms with Gasteiger partial charge in [-0.05, 0) is 40.1 Å². The zero-order valence-corrected chi connectivity index (χ0v) is 14.1. The Hall–Kier alpha value is -2.05. The van der Waals surface area contributed by atoms with Crippen LogP contribution in [0.1, 0.15) is 17.7 Å². The van der Waals surface area contributed by atoms with E-state index in [4.69, 9.17) is 0 Å². The Kier molecular flexibility index (Phi) is 3.93. The Labute approximate surface area is 142 Å². The van der Waals surface area contributed by atoms with Crippen LogP contribution in [0.25, 0.3) is 16.6 Å². The monoisotopic (exact) mass is 369 g/mol. The molecule has 0 saturated heterocycles. The number of nitrogens with one attached hydrogen (secondary N) is 1. The molecular weight excluding hydrogens is 354 g/mol. The Bertz CT molecular complexity index is 853. The highest BCUT2D eigenvalue weighted by Gasteiger charge is 2.16. The summed E-state index contributed by atoms with van der Waals surface area (Å²) in [5, 5.41) is 1.20. The standard InChI is InChI=1S/C17H16BrN5/c18-16-10-20-13(8-21-16)11-23-6-3-12(4-7-23)15-9-22-17-14(15)2-1-5-19-17/h1-3,5,8-10H,4,6-7,11H2,(H,19,22). The largest absolute Gasteiger partial charge is 0.346 e. The van der Waals surface area contributed by atoms with Gasteiger partial charge in [-0.15, -0.1) is 0 Å². The molecule has 5 nitrogen and oxygen atoms in total. The smallest absolute Gasteiger partial charge is 0.137 e. The van der Waals surface area contributed by atoms with Gasteiger partial charge in [-0.1, -0.05) is 6.08 Å². The summed E-state index contributed by atoms with van der Waals surface area (Å²) in [7, 11) is 0. The minimum Gasteiger partial charge on any atom is -0.346 e. The maximum atomic E-state index is 4.40. The second kappa shape index (κ2) is 6.22. The highest BCUT2D eigenvalue weighted by molar-refractivity contribution is 9.10. The van der Waals surface area contributed by atoms with Crippen LogP contribution in [0, 0.1) is 0 Å². The number of nitrogens with zero attached hydrogens (tertiary/aromatic N) is 4. The molecule has 0 atom stereocenters. The van der Waals surface area contributed by atoms with Crippen LogP contribution in [-0.2, 0) is 6.54 Å². The number of fused-ring (bicyclic) bond motifs is 1. The van der Waals surface area contributed by atoms with Gasteiger partial charge in [0.05, 0.1) is 18.1 Å². The highest BCUT2D eigenvalue weighted by Crippen LogP contribution is 2.28. The van der Waals surface area contributed by atoms with Gasteiger partial charge in [0, 0.05) is 43.0 Å². The van der Waals surface area contributed by atoms with E-state index in [2.05, 4.69) is 59.1 Å². The van der Waals surface area contributed by atoms with Crippen LogP contribution in [0.5, 0.6) is 0 Å². The van der Waals surface area contributed by atoms with Crippen molar-refractivity contribution in [1.82, 2.24) is 24.8 Å². The predicted molar refractivity (Wildman–Crippen MR) is 93.7 cm³/mol. The summed E-state index contributed by atoms with van der Waals surface area (Å²) in [6.45, 7) is 2.79. The van der Waals surface area contributed by atoms with Crippen molar-refractivity contribution < 1.29 is 0 Å². The molecule has 0 fully saturated rings. The van der Waals surface area contributed by atoms with Gasteiger partial charge in [0.25, 0.3) is 0 Å². The molecule has 0 radical (unpaired) electrons. The first-order chi connectivity index (χ1) is 11.3. The summed E-state index contributed by atoms with van der Waals surface area (Å²) >= 11 is 3.32. The van der Waals surface area contributed by atoms with Crippen molar-refractivity contribution in [2.24, 2.45) is 0 Å². The Morgan fingerprint density at radius 2 is 2.17 bits per heavy atom. The van der Waals surface area contributed by atoms with Crippen LogP contribution in [0.3, 0.4) is 0 Å². The Balaban J connectivity index is 1.49. The lowest BCUT2D eigenvalue weighted by Gasteiger charge is -2.25. The van der Waals surface area contributed by atoms with Gasteiger partial charge in [-0.3, -0.25) is 9.88 Å². The van der Waals surface area contributed by atoms with Crippen LogP contribution >= 0.6 is 15.9 Å².